The minimum Gasteiger partial charge on any atom is -0.335 e. The van der Waals surface area contributed by atoms with Crippen LogP contribution < -0.4 is 0 Å². The van der Waals surface area contributed by atoms with Crippen molar-refractivity contribution in [3.8, 4) is 0 Å². The maximum atomic E-state index is 13.1. The van der Waals surface area contributed by atoms with E-state index in [1.54, 1.807) is 0 Å². The molecule has 0 N–H and O–H groups in total. The van der Waals surface area contributed by atoms with Crippen LogP contribution in [0, 0.1) is 0 Å². The van der Waals surface area contributed by atoms with Crippen molar-refractivity contribution in [2.24, 2.45) is 0 Å². The summed E-state index contributed by atoms with van der Waals surface area (Å²) in [5.41, 5.74) is 2.83. The first-order valence-electron chi connectivity index (χ1n) is 11.8. The van der Waals surface area contributed by atoms with Gasteiger partial charge in [-0.25, -0.2) is 0 Å². The smallest absolute Gasteiger partial charge is 0.237 e. The van der Waals surface area contributed by atoms with Crippen LogP contribution in [0.25, 0.3) is 0 Å². The standard InChI is InChI=1S/C25H39N3O/c1-25(2,3)21-12-10-20(11-13-21)23-9-6-14-28(23)24(29)19-26-15-17-27(18-16-26)22-7-4-5-8-22/h10-13,22-23H,4-9,14-19H2,1-3H3. The Bertz CT molecular complexity index is 679. The summed E-state index contributed by atoms with van der Waals surface area (Å²) < 4.78 is 0. The molecule has 1 saturated carbocycles. The topological polar surface area (TPSA) is 26.8 Å². The predicted octanol–water partition coefficient (Wildman–Crippen LogP) is 4.21. The number of likely N-dealkylation sites (tertiary alicyclic amines) is 1. The molecule has 29 heavy (non-hydrogen) atoms. The van der Waals surface area contributed by atoms with Gasteiger partial charge in [-0.05, 0) is 42.2 Å². The summed E-state index contributed by atoms with van der Waals surface area (Å²) in [4.78, 5) is 20.3. The Labute approximate surface area is 177 Å². The van der Waals surface area contributed by atoms with Crippen molar-refractivity contribution >= 4 is 5.91 Å². The Morgan fingerprint density at radius 1 is 0.897 bits per heavy atom. The van der Waals surface area contributed by atoms with Crippen molar-refractivity contribution in [3.63, 3.8) is 0 Å². The molecule has 0 radical (unpaired) electrons. The highest BCUT2D eigenvalue weighted by atomic mass is 16.2. The van der Waals surface area contributed by atoms with Crippen LogP contribution in [0.5, 0.6) is 0 Å². The lowest BCUT2D eigenvalue weighted by atomic mass is 9.86. The van der Waals surface area contributed by atoms with Gasteiger partial charge in [-0.2, -0.15) is 0 Å². The lowest BCUT2D eigenvalue weighted by molar-refractivity contribution is -0.133. The average Bonchev–Trinajstić information content (AvgIpc) is 3.40. The van der Waals surface area contributed by atoms with Crippen LogP contribution in [0.4, 0.5) is 0 Å². The van der Waals surface area contributed by atoms with Gasteiger partial charge in [-0.1, -0.05) is 57.9 Å². The van der Waals surface area contributed by atoms with Crippen LogP contribution in [0.3, 0.4) is 0 Å². The number of piperazine rings is 1. The van der Waals surface area contributed by atoms with Gasteiger partial charge in [0.2, 0.25) is 5.91 Å². The summed E-state index contributed by atoms with van der Waals surface area (Å²) in [5.74, 6) is 0.321. The molecule has 1 unspecified atom stereocenters. The molecule has 160 valence electrons. The number of benzene rings is 1. The van der Waals surface area contributed by atoms with Gasteiger partial charge < -0.3 is 4.90 Å². The molecule has 2 aliphatic heterocycles. The van der Waals surface area contributed by atoms with Gasteiger partial charge in [0.25, 0.3) is 0 Å². The normalized spacial score (nSPS) is 25.1. The molecule has 0 spiro atoms. The van der Waals surface area contributed by atoms with Crippen LogP contribution in [0.15, 0.2) is 24.3 Å². The summed E-state index contributed by atoms with van der Waals surface area (Å²) in [6, 6.07) is 10.1. The lowest BCUT2D eigenvalue weighted by Gasteiger charge is -2.38. The van der Waals surface area contributed by atoms with Gasteiger partial charge >= 0.3 is 0 Å². The Morgan fingerprint density at radius 3 is 2.17 bits per heavy atom. The largest absolute Gasteiger partial charge is 0.335 e. The van der Waals surface area contributed by atoms with E-state index in [-0.39, 0.29) is 11.5 Å². The molecule has 0 aromatic heterocycles. The molecule has 1 atom stereocenters. The van der Waals surface area contributed by atoms with Gasteiger partial charge in [-0.3, -0.25) is 14.6 Å². The fourth-order valence-corrected chi connectivity index (χ4v) is 5.46. The molecule has 4 nitrogen and oxygen atoms in total. The van der Waals surface area contributed by atoms with E-state index in [1.165, 1.54) is 36.8 Å². The Morgan fingerprint density at radius 2 is 1.55 bits per heavy atom. The van der Waals surface area contributed by atoms with Crippen LogP contribution in [0.2, 0.25) is 0 Å². The third-order valence-corrected chi connectivity index (χ3v) is 7.34. The highest BCUT2D eigenvalue weighted by Crippen LogP contribution is 2.33. The second-order valence-electron chi connectivity index (χ2n) is 10.4. The number of amides is 1. The molecule has 4 rings (SSSR count). The van der Waals surface area contributed by atoms with Gasteiger partial charge in [0, 0.05) is 38.8 Å². The third kappa shape index (κ3) is 4.86. The first-order valence-corrected chi connectivity index (χ1v) is 11.8. The molecule has 2 saturated heterocycles. The van der Waals surface area contributed by atoms with E-state index in [2.05, 4.69) is 59.7 Å². The van der Waals surface area contributed by atoms with Gasteiger partial charge in [0.1, 0.15) is 0 Å². The molecule has 2 heterocycles. The molecule has 1 aliphatic carbocycles. The van der Waals surface area contributed by atoms with E-state index in [1.807, 2.05) is 0 Å². The summed E-state index contributed by atoms with van der Waals surface area (Å²) in [5, 5.41) is 0. The van der Waals surface area contributed by atoms with Crippen molar-refractivity contribution in [1.29, 1.82) is 0 Å². The maximum Gasteiger partial charge on any atom is 0.237 e. The second-order valence-corrected chi connectivity index (χ2v) is 10.4. The van der Waals surface area contributed by atoms with E-state index < -0.39 is 0 Å². The molecule has 3 aliphatic rings. The summed E-state index contributed by atoms with van der Waals surface area (Å²) >= 11 is 0. The van der Waals surface area contributed by atoms with Crippen molar-refractivity contribution in [2.75, 3.05) is 39.3 Å². The van der Waals surface area contributed by atoms with Crippen molar-refractivity contribution in [1.82, 2.24) is 14.7 Å². The van der Waals surface area contributed by atoms with E-state index in [4.69, 9.17) is 0 Å². The van der Waals surface area contributed by atoms with Crippen molar-refractivity contribution in [2.45, 2.75) is 76.8 Å². The summed E-state index contributed by atoms with van der Waals surface area (Å²) in [7, 11) is 0. The summed E-state index contributed by atoms with van der Waals surface area (Å²) in [6.45, 7) is 12.6. The van der Waals surface area contributed by atoms with E-state index in [0.717, 1.165) is 51.6 Å². The van der Waals surface area contributed by atoms with Crippen molar-refractivity contribution < 1.29 is 4.79 Å². The highest BCUT2D eigenvalue weighted by molar-refractivity contribution is 5.79. The lowest BCUT2D eigenvalue weighted by Crippen LogP contribution is -2.52. The van der Waals surface area contributed by atoms with Crippen LogP contribution in [-0.4, -0.2) is 65.9 Å². The van der Waals surface area contributed by atoms with Gasteiger partial charge in [0.05, 0.1) is 12.6 Å². The van der Waals surface area contributed by atoms with Crippen molar-refractivity contribution in [3.05, 3.63) is 35.4 Å². The monoisotopic (exact) mass is 397 g/mol. The van der Waals surface area contributed by atoms with E-state index in [9.17, 15) is 4.79 Å². The number of carbonyl (C=O) groups excluding carboxylic acids is 1. The number of hydrogen-bond acceptors (Lipinski definition) is 3. The first kappa shape index (κ1) is 20.9. The number of hydrogen-bond donors (Lipinski definition) is 0. The quantitative estimate of drug-likeness (QED) is 0.761. The van der Waals surface area contributed by atoms with Crippen LogP contribution >= 0.6 is 0 Å². The Hall–Kier alpha value is -1.39. The van der Waals surface area contributed by atoms with Gasteiger partial charge in [0.15, 0.2) is 0 Å². The zero-order valence-electron chi connectivity index (χ0n) is 18.7. The number of carbonyl (C=O) groups is 1. The molecule has 1 aromatic rings. The third-order valence-electron chi connectivity index (χ3n) is 7.34. The van der Waals surface area contributed by atoms with Crippen LogP contribution in [0.1, 0.15) is 76.5 Å². The first-order chi connectivity index (χ1) is 13.9. The van der Waals surface area contributed by atoms with E-state index >= 15 is 0 Å². The van der Waals surface area contributed by atoms with Gasteiger partial charge in [-0.15, -0.1) is 0 Å². The number of nitrogens with zero attached hydrogens (tertiary/aromatic N) is 3. The zero-order valence-corrected chi connectivity index (χ0v) is 18.7. The number of rotatable bonds is 4. The predicted molar refractivity (Wildman–Crippen MR) is 119 cm³/mol. The molecular formula is C25H39N3O. The minimum absolute atomic E-state index is 0.171. The molecule has 4 heteroatoms. The maximum absolute atomic E-state index is 13.1. The highest BCUT2D eigenvalue weighted by Gasteiger charge is 2.32. The fourth-order valence-electron chi connectivity index (χ4n) is 5.46. The second kappa shape index (κ2) is 8.77. The molecule has 3 fully saturated rings. The SMILES string of the molecule is CC(C)(C)c1ccc(C2CCCN2C(=O)CN2CCN(C3CCCC3)CC2)cc1. The zero-order chi connectivity index (χ0) is 20.4. The Balaban J connectivity index is 1.32. The fraction of sp³-hybridized carbons (Fsp3) is 0.720. The average molecular weight is 398 g/mol. The molecule has 0 bridgehead atoms. The molecule has 1 aromatic carbocycles. The van der Waals surface area contributed by atoms with E-state index in [0.29, 0.717) is 12.5 Å². The van der Waals surface area contributed by atoms with Crippen LogP contribution in [-0.2, 0) is 10.2 Å². The molecular weight excluding hydrogens is 358 g/mol. The summed E-state index contributed by atoms with van der Waals surface area (Å²) in [6.07, 6.45) is 7.76. The minimum atomic E-state index is 0.171. The molecule has 1 amide bonds. The Kier molecular flexibility index (Phi) is 6.31.